The fourth-order valence-electron chi connectivity index (χ4n) is 4.33. The average Bonchev–Trinajstić information content (AvgIpc) is 3.36. The molecule has 3 rings (SSSR count). The standard InChI is InChI=1S/C19H31NO5S/c1-13(2)18(26(23,24)16-6-4-3-5-7-16)19(22)25-12-14-10-17(21)20(11-14)15-8-9-15/h13-16,18H,3-12H2,1-2H3/t14-,18+/m1/s1. The minimum absolute atomic E-state index is 0.0164. The van der Waals surface area contributed by atoms with E-state index in [4.69, 9.17) is 4.74 Å². The summed E-state index contributed by atoms with van der Waals surface area (Å²) in [6.07, 6.45) is 6.69. The molecule has 3 aliphatic rings. The number of carbonyl (C=O) groups is 2. The summed E-state index contributed by atoms with van der Waals surface area (Å²) in [6, 6.07) is 0.373. The molecule has 0 spiro atoms. The number of likely N-dealkylation sites (tertiary alicyclic amines) is 1. The first-order chi connectivity index (χ1) is 12.3. The number of rotatable bonds is 7. The second-order valence-corrected chi connectivity index (χ2v) is 10.8. The van der Waals surface area contributed by atoms with Crippen molar-refractivity contribution in [1.29, 1.82) is 0 Å². The quantitative estimate of drug-likeness (QED) is 0.628. The summed E-state index contributed by atoms with van der Waals surface area (Å²) in [5, 5.41) is -1.52. The van der Waals surface area contributed by atoms with Crippen LogP contribution in [0.5, 0.6) is 0 Å². The minimum atomic E-state index is -3.55. The molecular formula is C19H31NO5S. The molecule has 0 N–H and O–H groups in total. The Balaban J connectivity index is 1.59. The van der Waals surface area contributed by atoms with E-state index in [-0.39, 0.29) is 24.3 Å². The smallest absolute Gasteiger partial charge is 0.324 e. The largest absolute Gasteiger partial charge is 0.464 e. The Morgan fingerprint density at radius 1 is 1.15 bits per heavy atom. The van der Waals surface area contributed by atoms with Crippen LogP contribution in [0.3, 0.4) is 0 Å². The highest BCUT2D eigenvalue weighted by Crippen LogP contribution is 2.33. The van der Waals surface area contributed by atoms with Gasteiger partial charge in [-0.25, -0.2) is 8.42 Å². The minimum Gasteiger partial charge on any atom is -0.464 e. The summed E-state index contributed by atoms with van der Waals surface area (Å²) < 4.78 is 31.4. The molecule has 1 aliphatic heterocycles. The predicted molar refractivity (Wildman–Crippen MR) is 98.2 cm³/mol. The second kappa shape index (κ2) is 7.87. The molecule has 2 aliphatic carbocycles. The summed E-state index contributed by atoms with van der Waals surface area (Å²) in [7, 11) is -3.55. The maximum absolute atomic E-state index is 13.0. The zero-order valence-electron chi connectivity index (χ0n) is 15.9. The number of ether oxygens (including phenoxy) is 1. The summed E-state index contributed by atoms with van der Waals surface area (Å²) >= 11 is 0. The topological polar surface area (TPSA) is 80.8 Å². The van der Waals surface area contributed by atoms with Crippen molar-refractivity contribution in [2.75, 3.05) is 13.2 Å². The molecule has 7 heteroatoms. The molecule has 0 aromatic rings. The van der Waals surface area contributed by atoms with E-state index >= 15 is 0 Å². The molecule has 2 atom stereocenters. The van der Waals surface area contributed by atoms with Gasteiger partial charge in [0.1, 0.15) is 0 Å². The lowest BCUT2D eigenvalue weighted by Crippen LogP contribution is -2.43. The molecule has 2 saturated carbocycles. The molecule has 3 fully saturated rings. The first kappa shape index (κ1) is 19.6. The van der Waals surface area contributed by atoms with Gasteiger partial charge in [-0.2, -0.15) is 0 Å². The van der Waals surface area contributed by atoms with Crippen molar-refractivity contribution < 1.29 is 22.7 Å². The number of carbonyl (C=O) groups excluding carboxylic acids is 2. The maximum atomic E-state index is 13.0. The molecule has 0 aromatic carbocycles. The van der Waals surface area contributed by atoms with Crippen molar-refractivity contribution >= 4 is 21.7 Å². The van der Waals surface area contributed by atoms with Crippen LogP contribution in [0.15, 0.2) is 0 Å². The Kier molecular flexibility index (Phi) is 5.94. The van der Waals surface area contributed by atoms with Gasteiger partial charge in [0, 0.05) is 24.9 Å². The lowest BCUT2D eigenvalue weighted by atomic mass is 10.0. The highest BCUT2D eigenvalue weighted by Gasteiger charge is 2.43. The van der Waals surface area contributed by atoms with Crippen molar-refractivity contribution in [3.63, 3.8) is 0 Å². The molecular weight excluding hydrogens is 354 g/mol. The normalized spacial score (nSPS) is 26.3. The van der Waals surface area contributed by atoms with Gasteiger partial charge in [0.2, 0.25) is 5.91 Å². The first-order valence-corrected chi connectivity index (χ1v) is 11.6. The highest BCUT2D eigenvalue weighted by molar-refractivity contribution is 7.93. The lowest BCUT2D eigenvalue weighted by Gasteiger charge is -2.28. The van der Waals surface area contributed by atoms with Crippen LogP contribution >= 0.6 is 0 Å². The molecule has 26 heavy (non-hydrogen) atoms. The zero-order valence-corrected chi connectivity index (χ0v) is 16.7. The van der Waals surface area contributed by atoms with Crippen molar-refractivity contribution in [3.05, 3.63) is 0 Å². The SMILES string of the molecule is CC(C)[C@@H](C(=O)OC[C@@H]1CC(=O)N(C2CC2)C1)S(=O)(=O)C1CCCCC1. The second-order valence-electron chi connectivity index (χ2n) is 8.49. The van der Waals surface area contributed by atoms with Crippen LogP contribution in [-0.2, 0) is 24.2 Å². The summed E-state index contributed by atoms with van der Waals surface area (Å²) in [5.74, 6) is -0.841. The van der Waals surface area contributed by atoms with Crippen LogP contribution < -0.4 is 0 Å². The van der Waals surface area contributed by atoms with Crippen LogP contribution in [0, 0.1) is 11.8 Å². The molecule has 0 bridgehead atoms. The van der Waals surface area contributed by atoms with Crippen LogP contribution in [0.25, 0.3) is 0 Å². The molecule has 0 aromatic heterocycles. The fraction of sp³-hybridized carbons (Fsp3) is 0.895. The van der Waals surface area contributed by atoms with Gasteiger partial charge in [-0.05, 0) is 31.6 Å². The molecule has 0 radical (unpaired) electrons. The van der Waals surface area contributed by atoms with Gasteiger partial charge in [0.15, 0.2) is 15.1 Å². The van der Waals surface area contributed by atoms with E-state index in [0.29, 0.717) is 31.8 Å². The summed E-state index contributed by atoms with van der Waals surface area (Å²) in [6.45, 7) is 4.29. The van der Waals surface area contributed by atoms with Crippen LogP contribution in [-0.4, -0.2) is 54.9 Å². The maximum Gasteiger partial charge on any atom is 0.324 e. The van der Waals surface area contributed by atoms with Crippen molar-refractivity contribution in [3.8, 4) is 0 Å². The summed E-state index contributed by atoms with van der Waals surface area (Å²) in [4.78, 5) is 26.5. The average molecular weight is 386 g/mol. The number of hydrogen-bond acceptors (Lipinski definition) is 5. The van der Waals surface area contributed by atoms with Gasteiger partial charge < -0.3 is 9.64 Å². The zero-order chi connectivity index (χ0) is 18.9. The van der Waals surface area contributed by atoms with Gasteiger partial charge in [0.25, 0.3) is 0 Å². The number of nitrogens with zero attached hydrogens (tertiary/aromatic N) is 1. The highest BCUT2D eigenvalue weighted by atomic mass is 32.2. The van der Waals surface area contributed by atoms with Gasteiger partial charge in [-0.1, -0.05) is 33.1 Å². The molecule has 0 unspecified atom stereocenters. The van der Waals surface area contributed by atoms with Gasteiger partial charge in [-0.15, -0.1) is 0 Å². The Morgan fingerprint density at radius 3 is 2.38 bits per heavy atom. The third-order valence-electron chi connectivity index (χ3n) is 5.90. The first-order valence-electron chi connectivity index (χ1n) is 9.99. The summed E-state index contributed by atoms with van der Waals surface area (Å²) in [5.41, 5.74) is 0. The van der Waals surface area contributed by atoms with E-state index < -0.39 is 26.3 Å². The van der Waals surface area contributed by atoms with Crippen LogP contribution in [0.4, 0.5) is 0 Å². The molecule has 6 nitrogen and oxygen atoms in total. The van der Waals surface area contributed by atoms with Crippen molar-refractivity contribution in [2.24, 2.45) is 11.8 Å². The third kappa shape index (κ3) is 4.24. The molecule has 1 saturated heterocycles. The monoisotopic (exact) mass is 385 g/mol. The Bertz CT molecular complexity index is 634. The number of sulfone groups is 1. The van der Waals surface area contributed by atoms with Gasteiger partial charge in [0.05, 0.1) is 11.9 Å². The Morgan fingerprint density at radius 2 is 1.81 bits per heavy atom. The number of amides is 1. The van der Waals surface area contributed by atoms with E-state index in [1.54, 1.807) is 13.8 Å². The van der Waals surface area contributed by atoms with E-state index in [1.165, 1.54) is 0 Å². The number of hydrogen-bond donors (Lipinski definition) is 0. The van der Waals surface area contributed by atoms with E-state index in [1.807, 2.05) is 4.90 Å². The molecule has 1 heterocycles. The third-order valence-corrected chi connectivity index (χ3v) is 8.74. The molecule has 148 valence electrons. The van der Waals surface area contributed by atoms with Crippen LogP contribution in [0.2, 0.25) is 0 Å². The van der Waals surface area contributed by atoms with Crippen LogP contribution in [0.1, 0.15) is 65.2 Å². The fourth-order valence-corrected chi connectivity index (χ4v) is 6.83. The number of esters is 1. The van der Waals surface area contributed by atoms with E-state index in [9.17, 15) is 18.0 Å². The predicted octanol–water partition coefficient (Wildman–Crippen LogP) is 2.31. The molecule has 1 amide bonds. The van der Waals surface area contributed by atoms with Gasteiger partial charge >= 0.3 is 5.97 Å². The van der Waals surface area contributed by atoms with Crippen molar-refractivity contribution in [2.45, 2.75) is 81.8 Å². The van der Waals surface area contributed by atoms with Crippen molar-refractivity contribution in [1.82, 2.24) is 4.90 Å². The Hall–Kier alpha value is -1.11. The van der Waals surface area contributed by atoms with E-state index in [2.05, 4.69) is 0 Å². The Labute approximate surface area is 156 Å². The van der Waals surface area contributed by atoms with E-state index in [0.717, 1.165) is 32.1 Å². The van der Waals surface area contributed by atoms with Gasteiger partial charge in [-0.3, -0.25) is 9.59 Å². The lowest BCUT2D eigenvalue weighted by molar-refractivity contribution is -0.145.